The minimum Gasteiger partial charge on any atom is -0.462 e. The second kappa shape index (κ2) is 10.0. The van der Waals surface area contributed by atoms with Crippen LogP contribution in [0.3, 0.4) is 0 Å². The lowest BCUT2D eigenvalue weighted by Crippen LogP contribution is -2.27. The number of anilines is 2. The molecule has 0 aliphatic carbocycles. The zero-order valence-electron chi connectivity index (χ0n) is 18.8. The normalized spacial score (nSPS) is 10.7. The Morgan fingerprint density at radius 1 is 0.857 bits per heavy atom. The number of nitrogens with zero attached hydrogens (tertiary/aromatic N) is 3. The molecule has 1 amide bonds. The van der Waals surface area contributed by atoms with E-state index in [1.165, 1.54) is 0 Å². The molecule has 2 heterocycles. The van der Waals surface area contributed by atoms with E-state index in [1.807, 2.05) is 72.8 Å². The Morgan fingerprint density at radius 3 is 2.23 bits per heavy atom. The highest BCUT2D eigenvalue weighted by Crippen LogP contribution is 2.26. The summed E-state index contributed by atoms with van der Waals surface area (Å²) < 4.78 is 5.43. The van der Waals surface area contributed by atoms with E-state index in [0.29, 0.717) is 16.9 Å². The number of ether oxygens (including phenoxy) is 1. The largest absolute Gasteiger partial charge is 0.462 e. The molecule has 35 heavy (non-hydrogen) atoms. The number of nitrogens with one attached hydrogen (secondary N) is 1. The predicted octanol–water partition coefficient (Wildman–Crippen LogP) is 5.54. The smallest absolute Gasteiger partial charge is 0.338 e. The molecule has 0 spiro atoms. The molecule has 0 saturated heterocycles. The lowest BCUT2D eigenvalue weighted by atomic mass is 10.2. The van der Waals surface area contributed by atoms with E-state index in [1.54, 1.807) is 35.5 Å². The lowest BCUT2D eigenvalue weighted by Gasteiger charge is -2.23. The summed E-state index contributed by atoms with van der Waals surface area (Å²) in [5.41, 5.74) is 4.20. The van der Waals surface area contributed by atoms with E-state index < -0.39 is 5.97 Å². The molecule has 0 unspecified atom stereocenters. The Kier molecular flexibility index (Phi) is 6.30. The van der Waals surface area contributed by atoms with Gasteiger partial charge in [-0.25, -0.2) is 9.78 Å². The summed E-state index contributed by atoms with van der Waals surface area (Å²) in [5, 5.41) is 0. The predicted molar refractivity (Wildman–Crippen MR) is 134 cm³/mol. The molecule has 0 fully saturated rings. The molecule has 0 bridgehead atoms. The van der Waals surface area contributed by atoms with Crippen molar-refractivity contribution in [1.82, 2.24) is 15.0 Å². The van der Waals surface area contributed by atoms with Crippen LogP contribution in [0.2, 0.25) is 0 Å². The highest BCUT2D eigenvalue weighted by atomic mass is 16.5. The number of imidazole rings is 1. The average molecular weight is 463 g/mol. The fourth-order valence-corrected chi connectivity index (χ4v) is 3.79. The molecule has 7 heteroatoms. The number of carbonyl (C=O) groups is 2. The molecule has 0 atom stereocenters. The van der Waals surface area contributed by atoms with Crippen molar-refractivity contribution in [2.75, 3.05) is 11.5 Å². The second-order valence-electron chi connectivity index (χ2n) is 7.85. The standard InChI is InChI=1S/C28H22N4O3/c33-26(32(22-9-3-1-4-10-22)23-11-5-2-6-12-23)15-17-35-28(34)20-13-14-24-25(18-20)31-27(30-24)21-8-7-16-29-19-21/h1-14,16,18-19H,15,17H2,(H,30,31). The van der Waals surface area contributed by atoms with Gasteiger partial charge >= 0.3 is 5.97 Å². The maximum absolute atomic E-state index is 13.1. The summed E-state index contributed by atoms with van der Waals surface area (Å²) in [7, 11) is 0. The zero-order valence-corrected chi connectivity index (χ0v) is 18.8. The van der Waals surface area contributed by atoms with Crippen LogP contribution in [0, 0.1) is 0 Å². The van der Waals surface area contributed by atoms with E-state index in [4.69, 9.17) is 4.74 Å². The van der Waals surface area contributed by atoms with Crippen LogP contribution in [-0.2, 0) is 9.53 Å². The monoisotopic (exact) mass is 462 g/mol. The first-order valence-electron chi connectivity index (χ1n) is 11.2. The van der Waals surface area contributed by atoms with Gasteiger partial charge in [-0.15, -0.1) is 0 Å². The molecule has 0 saturated carbocycles. The van der Waals surface area contributed by atoms with Gasteiger partial charge in [0.25, 0.3) is 0 Å². The summed E-state index contributed by atoms with van der Waals surface area (Å²) in [4.78, 5) is 39.3. The Hall–Kier alpha value is -4.78. The molecule has 5 aromatic rings. The molecular weight excluding hydrogens is 440 g/mol. The van der Waals surface area contributed by atoms with Crippen LogP contribution in [0.25, 0.3) is 22.4 Å². The van der Waals surface area contributed by atoms with Crippen LogP contribution in [0.1, 0.15) is 16.8 Å². The number of benzene rings is 3. The number of rotatable bonds is 7. The summed E-state index contributed by atoms with van der Waals surface area (Å²) in [6.45, 7) is -0.0320. The van der Waals surface area contributed by atoms with Gasteiger partial charge in [-0.05, 0) is 54.6 Å². The van der Waals surface area contributed by atoms with Gasteiger partial charge in [-0.1, -0.05) is 36.4 Å². The topological polar surface area (TPSA) is 88.2 Å². The number of aromatic amines is 1. The van der Waals surface area contributed by atoms with Gasteiger partial charge < -0.3 is 9.72 Å². The van der Waals surface area contributed by atoms with Crippen molar-refractivity contribution in [2.45, 2.75) is 6.42 Å². The van der Waals surface area contributed by atoms with Crippen molar-refractivity contribution < 1.29 is 14.3 Å². The molecule has 0 aliphatic heterocycles. The van der Waals surface area contributed by atoms with E-state index in [0.717, 1.165) is 22.5 Å². The molecule has 1 N–H and O–H groups in total. The second-order valence-corrected chi connectivity index (χ2v) is 7.85. The molecular formula is C28H22N4O3. The minimum atomic E-state index is -0.497. The van der Waals surface area contributed by atoms with Gasteiger partial charge in [0.05, 0.1) is 23.0 Å². The van der Waals surface area contributed by atoms with Crippen LogP contribution >= 0.6 is 0 Å². The van der Waals surface area contributed by atoms with Crippen LogP contribution in [0.4, 0.5) is 11.4 Å². The summed E-state index contributed by atoms with van der Waals surface area (Å²) in [6, 6.07) is 27.7. The average Bonchev–Trinajstić information content (AvgIpc) is 3.34. The summed E-state index contributed by atoms with van der Waals surface area (Å²) >= 11 is 0. The number of H-pyrrole nitrogens is 1. The molecule has 0 aliphatic rings. The first kappa shape index (κ1) is 22.0. The minimum absolute atomic E-state index is 0.0320. The number of hydrogen-bond donors (Lipinski definition) is 1. The van der Waals surface area contributed by atoms with Gasteiger partial charge in [-0.2, -0.15) is 0 Å². The van der Waals surface area contributed by atoms with Gasteiger partial charge in [0, 0.05) is 29.3 Å². The van der Waals surface area contributed by atoms with Gasteiger partial charge in [0.15, 0.2) is 0 Å². The highest BCUT2D eigenvalue weighted by molar-refractivity contribution is 6.00. The Bertz CT molecular complexity index is 1410. The maximum Gasteiger partial charge on any atom is 0.338 e. The van der Waals surface area contributed by atoms with Gasteiger partial charge in [0.2, 0.25) is 5.91 Å². The van der Waals surface area contributed by atoms with Crippen molar-refractivity contribution in [3.05, 3.63) is 109 Å². The number of esters is 1. The highest BCUT2D eigenvalue weighted by Gasteiger charge is 2.19. The third-order valence-electron chi connectivity index (χ3n) is 5.48. The first-order valence-corrected chi connectivity index (χ1v) is 11.2. The fourth-order valence-electron chi connectivity index (χ4n) is 3.79. The van der Waals surface area contributed by atoms with Crippen molar-refractivity contribution in [2.24, 2.45) is 0 Å². The molecule has 172 valence electrons. The maximum atomic E-state index is 13.1. The summed E-state index contributed by atoms with van der Waals surface area (Å²) in [6.07, 6.45) is 3.47. The van der Waals surface area contributed by atoms with Crippen LogP contribution in [0.5, 0.6) is 0 Å². The SMILES string of the molecule is O=C(OCCC(=O)N(c1ccccc1)c1ccccc1)c1ccc2nc(-c3cccnc3)[nH]c2c1. The lowest BCUT2D eigenvalue weighted by molar-refractivity contribution is -0.118. The molecule has 2 aromatic heterocycles. The number of carbonyl (C=O) groups excluding carboxylic acids is 2. The number of pyridine rings is 1. The van der Waals surface area contributed by atoms with E-state index in [9.17, 15) is 9.59 Å². The molecule has 7 nitrogen and oxygen atoms in total. The van der Waals surface area contributed by atoms with Crippen molar-refractivity contribution in [1.29, 1.82) is 0 Å². The van der Waals surface area contributed by atoms with Gasteiger partial charge in [-0.3, -0.25) is 14.7 Å². The number of amides is 1. The quantitative estimate of drug-likeness (QED) is 0.321. The Morgan fingerprint density at radius 2 is 1.57 bits per heavy atom. The van der Waals surface area contributed by atoms with Crippen molar-refractivity contribution in [3.63, 3.8) is 0 Å². The van der Waals surface area contributed by atoms with Crippen molar-refractivity contribution >= 4 is 34.3 Å². The van der Waals surface area contributed by atoms with Gasteiger partial charge in [0.1, 0.15) is 12.4 Å². The van der Waals surface area contributed by atoms with Crippen LogP contribution in [0.15, 0.2) is 103 Å². The molecule has 5 rings (SSSR count). The third kappa shape index (κ3) is 4.94. The Labute approximate surface area is 202 Å². The van der Waals surface area contributed by atoms with Crippen LogP contribution in [-0.4, -0.2) is 33.4 Å². The van der Waals surface area contributed by atoms with Crippen LogP contribution < -0.4 is 4.90 Å². The zero-order chi connectivity index (χ0) is 24.0. The third-order valence-corrected chi connectivity index (χ3v) is 5.48. The molecule has 0 radical (unpaired) electrons. The van der Waals surface area contributed by atoms with Crippen molar-refractivity contribution in [3.8, 4) is 11.4 Å². The molecule has 3 aromatic carbocycles. The summed E-state index contributed by atoms with van der Waals surface area (Å²) in [5.74, 6) is 0.00895. The van der Waals surface area contributed by atoms with E-state index in [2.05, 4.69) is 15.0 Å². The number of para-hydroxylation sites is 2. The van der Waals surface area contributed by atoms with E-state index in [-0.39, 0.29) is 18.9 Å². The Balaban J connectivity index is 1.26. The first-order chi connectivity index (χ1) is 17.2. The number of hydrogen-bond acceptors (Lipinski definition) is 5. The fraction of sp³-hybridized carbons (Fsp3) is 0.0714. The number of aromatic nitrogens is 3. The number of fused-ring (bicyclic) bond motifs is 1. The van der Waals surface area contributed by atoms with E-state index >= 15 is 0 Å².